The first-order valence-electron chi connectivity index (χ1n) is 10.4. The summed E-state index contributed by atoms with van der Waals surface area (Å²) in [7, 11) is -3.42. The topological polar surface area (TPSA) is 133 Å². The zero-order valence-electron chi connectivity index (χ0n) is 18.2. The lowest BCUT2D eigenvalue weighted by Crippen LogP contribution is -2.05. The highest BCUT2D eigenvalue weighted by Crippen LogP contribution is 2.39. The van der Waals surface area contributed by atoms with E-state index in [0.717, 1.165) is 0 Å². The predicted octanol–water partition coefficient (Wildman–Crippen LogP) is 4.95. The van der Waals surface area contributed by atoms with Crippen LogP contribution >= 0.6 is 15.9 Å². The summed E-state index contributed by atoms with van der Waals surface area (Å²) < 4.78 is 36.8. The Morgan fingerprint density at radius 3 is 2.51 bits per heavy atom. The van der Waals surface area contributed by atoms with Crippen molar-refractivity contribution in [3.63, 3.8) is 0 Å². The molecule has 0 saturated carbocycles. The third kappa shape index (κ3) is 4.84. The van der Waals surface area contributed by atoms with Crippen molar-refractivity contribution in [2.24, 2.45) is 0 Å². The molecule has 0 bridgehead atoms. The third-order valence-corrected chi connectivity index (χ3v) is 7.17. The summed E-state index contributed by atoms with van der Waals surface area (Å²) in [5, 5.41) is -0.0132. The number of sulfone groups is 1. The lowest BCUT2D eigenvalue weighted by molar-refractivity contribution is 0.416. The molecule has 0 radical (unpaired) electrons. The largest absolute Gasteiger partial charge is 0.452 e. The van der Waals surface area contributed by atoms with Gasteiger partial charge in [0, 0.05) is 30.7 Å². The molecule has 35 heavy (non-hydrogen) atoms. The Balaban J connectivity index is 1.56. The minimum atomic E-state index is -3.42. The number of aromatic amines is 1. The number of pyridine rings is 2. The van der Waals surface area contributed by atoms with E-state index in [1.165, 1.54) is 12.3 Å². The molecule has 0 amide bonds. The summed E-state index contributed by atoms with van der Waals surface area (Å²) in [6.07, 6.45) is 7.77. The molecule has 1 aromatic carbocycles. The van der Waals surface area contributed by atoms with Gasteiger partial charge in [-0.1, -0.05) is 6.92 Å². The second-order valence-electron chi connectivity index (χ2n) is 7.22. The number of H-pyrrole nitrogens is 1. The number of hydrogen-bond donors (Lipinski definition) is 1. The number of nitrogens with zero attached hydrogens (tertiary/aromatic N) is 5. The van der Waals surface area contributed by atoms with Crippen LogP contribution in [0.5, 0.6) is 23.0 Å². The average Bonchev–Trinajstić information content (AvgIpc) is 3.29. The van der Waals surface area contributed by atoms with E-state index in [0.29, 0.717) is 50.2 Å². The maximum absolute atomic E-state index is 12.1. The molecule has 0 fully saturated rings. The second-order valence-corrected chi connectivity index (χ2v) is 10.2. The third-order valence-electron chi connectivity index (χ3n) is 4.93. The number of ether oxygens (including phenoxy) is 2. The van der Waals surface area contributed by atoms with Gasteiger partial charge in [-0.3, -0.25) is 4.98 Å². The Labute approximate surface area is 208 Å². The van der Waals surface area contributed by atoms with Crippen molar-refractivity contribution < 1.29 is 17.9 Å². The van der Waals surface area contributed by atoms with Gasteiger partial charge in [0.05, 0.1) is 29.2 Å². The molecule has 0 aliphatic heterocycles. The van der Waals surface area contributed by atoms with Crippen molar-refractivity contribution in [2.75, 3.05) is 5.75 Å². The van der Waals surface area contributed by atoms with Gasteiger partial charge in [-0.25, -0.2) is 28.4 Å². The van der Waals surface area contributed by atoms with Crippen LogP contribution in [-0.4, -0.2) is 44.1 Å². The lowest BCUT2D eigenvalue weighted by Gasteiger charge is -2.13. The Bertz CT molecular complexity index is 1610. The number of aromatic nitrogens is 6. The fourth-order valence-electron chi connectivity index (χ4n) is 3.17. The van der Waals surface area contributed by atoms with E-state index in [9.17, 15) is 8.42 Å². The molecule has 0 spiro atoms. The minimum absolute atomic E-state index is 0.0132. The van der Waals surface area contributed by atoms with Crippen LogP contribution in [0.4, 0.5) is 0 Å². The SMILES string of the molecule is CCS(=O)(=O)c1ccc(Oc2cc3[nH]c(-c4cnccn4)nc3cc2Oc2cccnc2Br)cn1. The van der Waals surface area contributed by atoms with Gasteiger partial charge in [0.15, 0.2) is 37.9 Å². The van der Waals surface area contributed by atoms with Gasteiger partial charge in [-0.05, 0) is 40.2 Å². The molecule has 0 atom stereocenters. The summed E-state index contributed by atoms with van der Waals surface area (Å²) in [6, 6.07) is 9.92. The second kappa shape index (κ2) is 9.39. The van der Waals surface area contributed by atoms with Gasteiger partial charge in [-0.2, -0.15) is 0 Å². The molecule has 4 aromatic heterocycles. The first-order valence-corrected chi connectivity index (χ1v) is 12.8. The minimum Gasteiger partial charge on any atom is -0.452 e. The zero-order valence-corrected chi connectivity index (χ0v) is 20.6. The van der Waals surface area contributed by atoms with Crippen LogP contribution in [0.15, 0.2) is 77.0 Å². The van der Waals surface area contributed by atoms with E-state index in [4.69, 9.17) is 9.47 Å². The van der Waals surface area contributed by atoms with Crippen LogP contribution in [0.2, 0.25) is 0 Å². The van der Waals surface area contributed by atoms with Crippen molar-refractivity contribution in [3.8, 4) is 34.5 Å². The molecule has 12 heteroatoms. The zero-order chi connectivity index (χ0) is 24.4. The molecule has 0 aliphatic carbocycles. The molecule has 5 rings (SSSR count). The van der Waals surface area contributed by atoms with Gasteiger partial charge in [0.2, 0.25) is 0 Å². The highest BCUT2D eigenvalue weighted by atomic mass is 79.9. The predicted molar refractivity (Wildman–Crippen MR) is 131 cm³/mol. The van der Waals surface area contributed by atoms with E-state index in [2.05, 4.69) is 45.8 Å². The number of benzene rings is 1. The molecule has 0 aliphatic rings. The molecule has 4 heterocycles. The number of hydrogen-bond acceptors (Lipinski definition) is 9. The molecular formula is C23H17BrN6O4S. The molecule has 0 saturated heterocycles. The number of nitrogens with one attached hydrogen (secondary N) is 1. The molecule has 5 aromatic rings. The number of rotatable bonds is 7. The van der Waals surface area contributed by atoms with Crippen molar-refractivity contribution in [1.29, 1.82) is 0 Å². The highest BCUT2D eigenvalue weighted by Gasteiger charge is 2.17. The van der Waals surface area contributed by atoms with Crippen molar-refractivity contribution >= 4 is 36.8 Å². The van der Waals surface area contributed by atoms with Gasteiger partial charge in [0.1, 0.15) is 16.0 Å². The van der Waals surface area contributed by atoms with Crippen LogP contribution in [0, 0.1) is 0 Å². The smallest absolute Gasteiger partial charge is 0.195 e. The van der Waals surface area contributed by atoms with Gasteiger partial charge in [-0.15, -0.1) is 0 Å². The summed E-state index contributed by atoms with van der Waals surface area (Å²) in [4.78, 5) is 24.4. The maximum Gasteiger partial charge on any atom is 0.195 e. The molecule has 176 valence electrons. The van der Waals surface area contributed by atoms with E-state index in [1.807, 2.05) is 0 Å². The molecule has 1 N–H and O–H groups in total. The van der Waals surface area contributed by atoms with Crippen LogP contribution in [0.1, 0.15) is 6.92 Å². The maximum atomic E-state index is 12.1. The first-order chi connectivity index (χ1) is 16.9. The van der Waals surface area contributed by atoms with Crippen molar-refractivity contribution in [1.82, 2.24) is 29.9 Å². The first kappa shape index (κ1) is 22.9. The van der Waals surface area contributed by atoms with Crippen LogP contribution in [0.25, 0.3) is 22.6 Å². The highest BCUT2D eigenvalue weighted by molar-refractivity contribution is 9.10. The summed E-state index contributed by atoms with van der Waals surface area (Å²) >= 11 is 3.38. The number of fused-ring (bicyclic) bond motifs is 1. The Morgan fingerprint density at radius 1 is 0.943 bits per heavy atom. The fourth-order valence-corrected chi connectivity index (χ4v) is 4.29. The molecular weight excluding hydrogens is 536 g/mol. The molecule has 10 nitrogen and oxygen atoms in total. The lowest BCUT2D eigenvalue weighted by atomic mass is 10.2. The van der Waals surface area contributed by atoms with Crippen molar-refractivity contribution in [3.05, 3.63) is 72.0 Å². The Kier molecular flexibility index (Phi) is 6.14. The Morgan fingerprint density at radius 2 is 1.80 bits per heavy atom. The summed E-state index contributed by atoms with van der Waals surface area (Å²) in [5.74, 6) is 2.04. The van der Waals surface area contributed by atoms with Crippen LogP contribution < -0.4 is 9.47 Å². The number of imidazole rings is 1. The number of halogens is 1. The average molecular weight is 553 g/mol. The van der Waals surface area contributed by atoms with Crippen molar-refractivity contribution in [2.45, 2.75) is 11.9 Å². The normalized spacial score (nSPS) is 11.5. The Hall–Kier alpha value is -3.90. The van der Waals surface area contributed by atoms with E-state index >= 15 is 0 Å². The molecule has 0 unspecified atom stereocenters. The van der Waals surface area contributed by atoms with E-state index in [-0.39, 0.29) is 10.8 Å². The fraction of sp³-hybridized carbons (Fsp3) is 0.0870. The standard InChI is InChI=1S/C23H17BrN6O4S/c1-2-35(31,32)21-6-5-14(12-28-21)33-19-10-15-16(30-23(29-15)17-13-25-8-9-26-17)11-20(19)34-18-4-3-7-27-22(18)24/h3-13H,2H2,1H3,(H,29,30). The van der Waals surface area contributed by atoms with Gasteiger partial charge in [0.25, 0.3) is 0 Å². The summed E-state index contributed by atoms with van der Waals surface area (Å²) in [5.41, 5.74) is 1.88. The van der Waals surface area contributed by atoms with E-state index in [1.54, 1.807) is 62.0 Å². The van der Waals surface area contributed by atoms with Gasteiger partial charge >= 0.3 is 0 Å². The quantitative estimate of drug-likeness (QED) is 0.278. The van der Waals surface area contributed by atoms with Crippen LogP contribution in [0.3, 0.4) is 0 Å². The van der Waals surface area contributed by atoms with Gasteiger partial charge < -0.3 is 14.5 Å². The monoisotopic (exact) mass is 552 g/mol. The summed E-state index contributed by atoms with van der Waals surface area (Å²) in [6.45, 7) is 1.57. The van der Waals surface area contributed by atoms with E-state index < -0.39 is 9.84 Å². The van der Waals surface area contributed by atoms with Crippen LogP contribution in [-0.2, 0) is 9.84 Å².